The molecule has 19 nitrogen and oxygen atoms in total. The minimum absolute atomic E-state index is 0.244. The van der Waals surface area contributed by atoms with Crippen molar-refractivity contribution >= 4 is 5.91 Å². The summed E-state index contributed by atoms with van der Waals surface area (Å²) in [5, 5.41) is 119. The van der Waals surface area contributed by atoms with Crippen LogP contribution in [0.3, 0.4) is 0 Å². The summed E-state index contributed by atoms with van der Waals surface area (Å²) in [6, 6.07) is -0.877. The first kappa shape index (κ1) is 71.1. The summed E-state index contributed by atoms with van der Waals surface area (Å²) in [7, 11) is 0. The fourth-order valence-electron chi connectivity index (χ4n) is 11.0. The summed E-state index contributed by atoms with van der Waals surface area (Å²) in [6.45, 7) is 1.55. The van der Waals surface area contributed by atoms with E-state index in [1.54, 1.807) is 0 Å². The Bertz CT molecular complexity index is 1440. The largest absolute Gasteiger partial charge is 0.394 e. The van der Waals surface area contributed by atoms with Gasteiger partial charge in [0.05, 0.1) is 38.6 Å². The van der Waals surface area contributed by atoms with Gasteiger partial charge in [0.1, 0.15) is 73.2 Å². The number of carbonyl (C=O) groups is 1. The molecule has 78 heavy (non-hydrogen) atoms. The third-order valence-electron chi connectivity index (χ3n) is 16.2. The smallest absolute Gasteiger partial charge is 0.220 e. The molecule has 0 spiro atoms. The maximum Gasteiger partial charge on any atom is 0.220 e. The zero-order valence-electron chi connectivity index (χ0n) is 48.2. The van der Waals surface area contributed by atoms with Crippen LogP contribution in [0.15, 0.2) is 0 Å². The Balaban J connectivity index is 1.26. The monoisotopic (exact) mass is 1120 g/mol. The molecular formula is C59H113NO18. The minimum Gasteiger partial charge on any atom is -0.394 e. The highest BCUT2D eigenvalue weighted by Crippen LogP contribution is 2.33. The number of nitrogens with one attached hydrogen (secondary N) is 1. The molecule has 17 unspecified atom stereocenters. The first-order valence-electron chi connectivity index (χ1n) is 31.3. The molecule has 0 radical (unpaired) electrons. The van der Waals surface area contributed by atoms with E-state index >= 15 is 0 Å². The van der Waals surface area contributed by atoms with Crippen LogP contribution in [0, 0.1) is 0 Å². The second-order valence-corrected chi connectivity index (χ2v) is 22.9. The van der Waals surface area contributed by atoms with E-state index in [1.165, 1.54) is 173 Å². The van der Waals surface area contributed by atoms with Gasteiger partial charge in [-0.2, -0.15) is 0 Å². The highest BCUT2D eigenvalue weighted by Gasteiger charge is 2.53. The molecule has 3 heterocycles. The van der Waals surface area contributed by atoms with Crippen LogP contribution < -0.4 is 5.32 Å². The number of aliphatic hydroxyl groups is 11. The van der Waals surface area contributed by atoms with Gasteiger partial charge in [-0.25, -0.2) is 0 Å². The number of hydrogen-bond donors (Lipinski definition) is 12. The van der Waals surface area contributed by atoms with Crippen molar-refractivity contribution in [3.8, 4) is 0 Å². The lowest BCUT2D eigenvalue weighted by molar-refractivity contribution is -0.379. The van der Waals surface area contributed by atoms with Gasteiger partial charge < -0.3 is 89.9 Å². The maximum absolute atomic E-state index is 12.8. The molecule has 0 aromatic carbocycles. The Kier molecular flexibility index (Phi) is 39.6. The van der Waals surface area contributed by atoms with E-state index in [1.807, 2.05) is 6.92 Å². The number of rotatable bonds is 47. The summed E-state index contributed by atoms with van der Waals surface area (Å²) in [5.74, 6) is -0.275. The molecule has 462 valence electrons. The zero-order chi connectivity index (χ0) is 56.9. The van der Waals surface area contributed by atoms with Crippen LogP contribution in [-0.4, -0.2) is 193 Å². The van der Waals surface area contributed by atoms with Crippen molar-refractivity contribution in [1.82, 2.24) is 5.32 Å². The lowest BCUT2D eigenvalue weighted by Crippen LogP contribution is -2.66. The van der Waals surface area contributed by atoms with Gasteiger partial charge in [0.2, 0.25) is 5.91 Å². The fraction of sp³-hybridized carbons (Fsp3) is 0.983. The van der Waals surface area contributed by atoms with Crippen molar-refractivity contribution in [3.05, 3.63) is 0 Å². The van der Waals surface area contributed by atoms with Gasteiger partial charge in [-0.1, -0.05) is 219 Å². The van der Waals surface area contributed by atoms with Gasteiger partial charge in [0.25, 0.3) is 0 Å². The van der Waals surface area contributed by atoms with E-state index in [2.05, 4.69) is 12.2 Å². The molecule has 3 aliphatic heterocycles. The predicted octanol–water partition coefficient (Wildman–Crippen LogP) is 5.99. The molecule has 17 atom stereocenters. The van der Waals surface area contributed by atoms with E-state index in [-0.39, 0.29) is 18.9 Å². The van der Waals surface area contributed by atoms with Crippen LogP contribution in [0.4, 0.5) is 0 Å². The average molecular weight is 1120 g/mol. The summed E-state index contributed by atoms with van der Waals surface area (Å²) in [5.41, 5.74) is 0. The topological polar surface area (TPSA) is 307 Å². The van der Waals surface area contributed by atoms with Crippen molar-refractivity contribution in [1.29, 1.82) is 0 Å². The van der Waals surface area contributed by atoms with E-state index in [0.717, 1.165) is 32.1 Å². The number of carbonyl (C=O) groups excluding carboxylic acids is 1. The molecule has 12 N–H and O–H groups in total. The quantitative estimate of drug-likeness (QED) is 0.0312. The van der Waals surface area contributed by atoms with Gasteiger partial charge in [-0.05, 0) is 12.8 Å². The first-order valence-corrected chi connectivity index (χ1v) is 31.3. The molecule has 0 aromatic heterocycles. The molecule has 3 fully saturated rings. The molecule has 0 bridgehead atoms. The fourth-order valence-corrected chi connectivity index (χ4v) is 11.0. The van der Waals surface area contributed by atoms with Crippen LogP contribution >= 0.6 is 0 Å². The number of aliphatic hydroxyl groups excluding tert-OH is 11. The molecule has 3 rings (SSSR count). The van der Waals surface area contributed by atoms with Gasteiger partial charge >= 0.3 is 0 Å². The second kappa shape index (κ2) is 43.4. The normalized spacial score (nSPS) is 30.4. The molecular weight excluding hydrogens is 1010 g/mol. The number of hydrogen-bond acceptors (Lipinski definition) is 18. The predicted molar refractivity (Wildman–Crippen MR) is 296 cm³/mol. The molecule has 3 aliphatic rings. The van der Waals surface area contributed by atoms with Gasteiger partial charge in [-0.15, -0.1) is 0 Å². The lowest BCUT2D eigenvalue weighted by atomic mass is 9.96. The number of ether oxygens (including phenoxy) is 6. The second-order valence-electron chi connectivity index (χ2n) is 22.9. The van der Waals surface area contributed by atoms with Crippen LogP contribution in [-0.2, 0) is 33.2 Å². The van der Waals surface area contributed by atoms with E-state index in [0.29, 0.717) is 12.8 Å². The van der Waals surface area contributed by atoms with Crippen molar-refractivity contribution < 1.29 is 89.4 Å². The Hall–Kier alpha value is -1.21. The van der Waals surface area contributed by atoms with Gasteiger partial charge in [0.15, 0.2) is 18.9 Å². The Labute approximate surface area is 468 Å². The number of amides is 1. The molecule has 19 heteroatoms. The van der Waals surface area contributed by atoms with Crippen molar-refractivity contribution in [2.45, 2.75) is 343 Å². The van der Waals surface area contributed by atoms with E-state index < -0.39 is 124 Å². The standard InChI is InChI=1S/C59H113NO18/c1-3-5-7-8-9-10-11-12-13-14-15-16-17-18-19-20-21-22-23-24-25-26-27-28-29-30-31-32-33-34-35-36-43(64)42(60-47(65)37-6-4-2)41-73-57-53(71)50(68)55(45(39-62)75-57)78-59-54(72)51(69)56(46(40-63)76-59)77-58-52(70)49(67)48(66)44(38-61)74-58/h42-46,48-59,61-64,66-72H,3-41H2,1-2H3,(H,60,65). The van der Waals surface area contributed by atoms with E-state index in [4.69, 9.17) is 28.4 Å². The molecule has 0 saturated carbocycles. The molecule has 3 saturated heterocycles. The summed E-state index contributed by atoms with van der Waals surface area (Å²) < 4.78 is 34.0. The van der Waals surface area contributed by atoms with Crippen molar-refractivity contribution in [2.75, 3.05) is 26.4 Å². The summed E-state index contributed by atoms with van der Waals surface area (Å²) in [4.78, 5) is 12.8. The summed E-state index contributed by atoms with van der Waals surface area (Å²) in [6.07, 6.45) is 16.7. The lowest BCUT2D eigenvalue weighted by Gasteiger charge is -2.48. The first-order chi connectivity index (χ1) is 37.8. The van der Waals surface area contributed by atoms with Crippen molar-refractivity contribution in [2.24, 2.45) is 0 Å². The molecule has 0 aliphatic carbocycles. The van der Waals surface area contributed by atoms with Crippen LogP contribution in [0.2, 0.25) is 0 Å². The SMILES string of the molecule is CCCCCCCCCCCCCCCCCCCCCCCCCCCCCCCCCC(O)C(COC1OC(CO)C(OC2OC(CO)C(OC3OC(CO)C(O)C(O)C3O)C(O)C2O)C(O)C1O)NC(=O)CCCC. The van der Waals surface area contributed by atoms with Gasteiger partial charge in [-0.3, -0.25) is 4.79 Å². The van der Waals surface area contributed by atoms with Crippen molar-refractivity contribution in [3.63, 3.8) is 0 Å². The van der Waals surface area contributed by atoms with Crippen LogP contribution in [0.1, 0.15) is 239 Å². The Morgan fingerprint density at radius 2 is 0.731 bits per heavy atom. The van der Waals surface area contributed by atoms with Gasteiger partial charge in [0, 0.05) is 6.42 Å². The molecule has 0 aromatic rings. The minimum atomic E-state index is -1.97. The van der Waals surface area contributed by atoms with E-state index in [9.17, 15) is 61.0 Å². The third-order valence-corrected chi connectivity index (χ3v) is 16.2. The molecule has 1 amide bonds. The highest BCUT2D eigenvalue weighted by molar-refractivity contribution is 5.76. The highest BCUT2D eigenvalue weighted by atomic mass is 16.8. The Morgan fingerprint density at radius 3 is 1.10 bits per heavy atom. The summed E-state index contributed by atoms with van der Waals surface area (Å²) >= 11 is 0. The maximum atomic E-state index is 12.8. The number of unbranched alkanes of at least 4 members (excludes halogenated alkanes) is 31. The third kappa shape index (κ3) is 27.0. The van der Waals surface area contributed by atoms with Crippen LogP contribution in [0.5, 0.6) is 0 Å². The zero-order valence-corrected chi connectivity index (χ0v) is 48.2. The Morgan fingerprint density at radius 1 is 0.410 bits per heavy atom. The van der Waals surface area contributed by atoms with Crippen LogP contribution in [0.25, 0.3) is 0 Å². The average Bonchev–Trinajstić information content (AvgIpc) is 3.45.